The van der Waals surface area contributed by atoms with E-state index in [2.05, 4.69) is 4.90 Å². The van der Waals surface area contributed by atoms with E-state index >= 15 is 0 Å². The van der Waals surface area contributed by atoms with E-state index in [-0.39, 0.29) is 12.5 Å². The molecule has 0 aliphatic carbocycles. The molecule has 1 atom stereocenters. The Morgan fingerprint density at radius 2 is 2.35 bits per heavy atom. The number of rotatable bonds is 3. The lowest BCUT2D eigenvalue weighted by Gasteiger charge is -2.35. The molecule has 0 bridgehead atoms. The molecule has 0 amide bonds. The van der Waals surface area contributed by atoms with Gasteiger partial charge in [0.25, 0.3) is 0 Å². The number of benzene rings is 1. The summed E-state index contributed by atoms with van der Waals surface area (Å²) in [5.41, 5.74) is 2.21. The van der Waals surface area contributed by atoms with Crippen LogP contribution in [0.1, 0.15) is 18.4 Å². The van der Waals surface area contributed by atoms with Crippen molar-refractivity contribution in [2.75, 3.05) is 18.6 Å². The number of hydrogen-bond acceptors (Lipinski definition) is 3. The molecule has 0 fully saturated rings. The van der Waals surface area contributed by atoms with Crippen molar-refractivity contribution in [3.05, 3.63) is 23.8 Å². The summed E-state index contributed by atoms with van der Waals surface area (Å²) in [6.45, 7) is 2.58. The maximum Gasteiger partial charge on any atom is 0.303 e. The van der Waals surface area contributed by atoms with Gasteiger partial charge in [-0.25, -0.2) is 0 Å². The lowest BCUT2D eigenvalue weighted by Crippen LogP contribution is -2.40. The molecular formula is C13H17NO3. The van der Waals surface area contributed by atoms with Gasteiger partial charge in [0, 0.05) is 13.5 Å². The third-order valence-corrected chi connectivity index (χ3v) is 3.17. The minimum absolute atomic E-state index is 0.140. The fourth-order valence-corrected chi connectivity index (χ4v) is 2.09. The molecule has 0 radical (unpaired) electrons. The van der Waals surface area contributed by atoms with Crippen LogP contribution < -0.4 is 9.64 Å². The predicted molar refractivity (Wildman–Crippen MR) is 65.7 cm³/mol. The number of ether oxygens (including phenoxy) is 1. The van der Waals surface area contributed by atoms with Crippen LogP contribution >= 0.6 is 0 Å². The van der Waals surface area contributed by atoms with Gasteiger partial charge in [0.1, 0.15) is 12.4 Å². The van der Waals surface area contributed by atoms with E-state index in [0.717, 1.165) is 11.4 Å². The summed E-state index contributed by atoms with van der Waals surface area (Å²) < 4.78 is 5.69. The molecule has 4 nitrogen and oxygen atoms in total. The number of carboxylic acids is 1. The van der Waals surface area contributed by atoms with Crippen molar-refractivity contribution in [3.63, 3.8) is 0 Å². The average Bonchev–Trinajstić information content (AvgIpc) is 2.27. The minimum Gasteiger partial charge on any atom is -0.489 e. The van der Waals surface area contributed by atoms with Gasteiger partial charge in [0.05, 0.1) is 11.7 Å². The highest BCUT2D eigenvalue weighted by molar-refractivity contribution is 5.67. The van der Waals surface area contributed by atoms with Crippen molar-refractivity contribution in [1.29, 1.82) is 0 Å². The second-order valence-electron chi connectivity index (χ2n) is 4.48. The Bertz CT molecular complexity index is 431. The Morgan fingerprint density at radius 1 is 1.59 bits per heavy atom. The molecule has 2 rings (SSSR count). The van der Waals surface area contributed by atoms with Gasteiger partial charge in [-0.15, -0.1) is 0 Å². The van der Waals surface area contributed by atoms with E-state index in [0.29, 0.717) is 13.0 Å². The number of aliphatic carboxylic acids is 1. The zero-order valence-electron chi connectivity index (χ0n) is 10.1. The lowest BCUT2D eigenvalue weighted by atomic mass is 10.1. The first-order valence-electron chi connectivity index (χ1n) is 5.76. The summed E-state index contributed by atoms with van der Waals surface area (Å²) in [7, 11) is 1.99. The molecule has 1 aromatic carbocycles. The second-order valence-corrected chi connectivity index (χ2v) is 4.48. The number of aryl methyl sites for hydroxylation is 1. The van der Waals surface area contributed by atoms with Gasteiger partial charge in [-0.05, 0) is 31.0 Å². The molecule has 0 saturated heterocycles. The van der Waals surface area contributed by atoms with E-state index < -0.39 is 5.97 Å². The first kappa shape index (κ1) is 11.8. The maximum atomic E-state index is 10.6. The van der Waals surface area contributed by atoms with Gasteiger partial charge in [-0.2, -0.15) is 0 Å². The largest absolute Gasteiger partial charge is 0.489 e. The molecular weight excluding hydrogens is 218 g/mol. The molecule has 17 heavy (non-hydrogen) atoms. The molecule has 1 heterocycles. The first-order chi connectivity index (χ1) is 8.08. The SMILES string of the molecule is Cc1ccc2c(c1)OCC(CCC(=O)O)N2C. The standard InChI is InChI=1S/C13H17NO3/c1-9-3-5-11-12(7-9)17-8-10(14(11)2)4-6-13(15)16/h3,5,7,10H,4,6,8H2,1-2H3,(H,15,16). The summed E-state index contributed by atoms with van der Waals surface area (Å²) in [6.07, 6.45) is 0.790. The third kappa shape index (κ3) is 2.52. The molecule has 0 spiro atoms. The Hall–Kier alpha value is -1.71. The summed E-state index contributed by atoms with van der Waals surface area (Å²) in [5, 5.41) is 8.70. The Morgan fingerprint density at radius 3 is 3.06 bits per heavy atom. The van der Waals surface area contributed by atoms with Gasteiger partial charge in [-0.3, -0.25) is 4.79 Å². The van der Waals surface area contributed by atoms with Crippen LogP contribution in [0.4, 0.5) is 5.69 Å². The highest BCUT2D eigenvalue weighted by Crippen LogP contribution is 2.34. The summed E-state index contributed by atoms with van der Waals surface area (Å²) in [5.74, 6) is 0.132. The minimum atomic E-state index is -0.756. The van der Waals surface area contributed by atoms with Gasteiger partial charge >= 0.3 is 5.97 Å². The fourth-order valence-electron chi connectivity index (χ4n) is 2.09. The molecule has 4 heteroatoms. The van der Waals surface area contributed by atoms with Crippen molar-refractivity contribution in [2.24, 2.45) is 0 Å². The van der Waals surface area contributed by atoms with Crippen molar-refractivity contribution in [3.8, 4) is 5.75 Å². The number of carboxylic acid groups (broad SMARTS) is 1. The number of hydrogen-bond donors (Lipinski definition) is 1. The zero-order chi connectivity index (χ0) is 12.4. The highest BCUT2D eigenvalue weighted by atomic mass is 16.5. The van der Waals surface area contributed by atoms with Gasteiger partial charge in [-0.1, -0.05) is 6.07 Å². The monoisotopic (exact) mass is 235 g/mol. The smallest absolute Gasteiger partial charge is 0.303 e. The molecule has 1 aliphatic rings. The van der Waals surface area contributed by atoms with Crippen molar-refractivity contribution >= 4 is 11.7 Å². The first-order valence-corrected chi connectivity index (χ1v) is 5.76. The van der Waals surface area contributed by atoms with E-state index in [9.17, 15) is 4.79 Å². The second kappa shape index (κ2) is 4.65. The molecule has 1 aliphatic heterocycles. The van der Waals surface area contributed by atoms with Gasteiger partial charge < -0.3 is 14.7 Å². The van der Waals surface area contributed by atoms with Crippen molar-refractivity contribution in [2.45, 2.75) is 25.8 Å². The molecule has 92 valence electrons. The molecule has 1 unspecified atom stereocenters. The Labute approximate surface area is 101 Å². The predicted octanol–water partition coefficient (Wildman–Crippen LogP) is 2.06. The number of anilines is 1. The van der Waals surface area contributed by atoms with Crippen LogP contribution in [-0.2, 0) is 4.79 Å². The van der Waals surface area contributed by atoms with Crippen LogP contribution in [0.15, 0.2) is 18.2 Å². The van der Waals surface area contributed by atoms with Crippen LogP contribution in [0.2, 0.25) is 0 Å². The summed E-state index contributed by atoms with van der Waals surface area (Å²) >= 11 is 0. The molecule has 1 aromatic rings. The zero-order valence-corrected chi connectivity index (χ0v) is 10.1. The number of likely N-dealkylation sites (N-methyl/N-ethyl adjacent to an activating group) is 1. The van der Waals surface area contributed by atoms with E-state index in [1.165, 1.54) is 5.56 Å². The van der Waals surface area contributed by atoms with E-state index in [4.69, 9.17) is 9.84 Å². The number of fused-ring (bicyclic) bond motifs is 1. The summed E-state index contributed by atoms with van der Waals surface area (Å²) in [6, 6.07) is 6.22. The highest BCUT2D eigenvalue weighted by Gasteiger charge is 2.24. The lowest BCUT2D eigenvalue weighted by molar-refractivity contribution is -0.137. The Kier molecular flexibility index (Phi) is 3.22. The van der Waals surface area contributed by atoms with Crippen molar-refractivity contribution < 1.29 is 14.6 Å². The van der Waals surface area contributed by atoms with Crippen LogP contribution in [-0.4, -0.2) is 30.8 Å². The normalized spacial score (nSPS) is 18.5. The average molecular weight is 235 g/mol. The van der Waals surface area contributed by atoms with Gasteiger partial charge in [0.2, 0.25) is 0 Å². The molecule has 0 aromatic heterocycles. The maximum absolute atomic E-state index is 10.6. The summed E-state index contributed by atoms with van der Waals surface area (Å²) in [4.78, 5) is 12.7. The number of carbonyl (C=O) groups is 1. The van der Waals surface area contributed by atoms with E-state index in [1.807, 2.05) is 32.2 Å². The van der Waals surface area contributed by atoms with Crippen LogP contribution in [0.5, 0.6) is 5.75 Å². The fraction of sp³-hybridized carbons (Fsp3) is 0.462. The van der Waals surface area contributed by atoms with Crippen LogP contribution in [0, 0.1) is 6.92 Å². The quantitative estimate of drug-likeness (QED) is 0.871. The molecule has 0 saturated carbocycles. The topological polar surface area (TPSA) is 49.8 Å². The molecule has 1 N–H and O–H groups in total. The van der Waals surface area contributed by atoms with Crippen LogP contribution in [0.25, 0.3) is 0 Å². The van der Waals surface area contributed by atoms with Crippen LogP contribution in [0.3, 0.4) is 0 Å². The third-order valence-electron chi connectivity index (χ3n) is 3.17. The van der Waals surface area contributed by atoms with Gasteiger partial charge in [0.15, 0.2) is 0 Å². The number of nitrogens with zero attached hydrogens (tertiary/aromatic N) is 1. The van der Waals surface area contributed by atoms with E-state index in [1.54, 1.807) is 0 Å². The van der Waals surface area contributed by atoms with Crippen molar-refractivity contribution in [1.82, 2.24) is 0 Å². The Balaban J connectivity index is 2.12.